The zero-order chi connectivity index (χ0) is 38.2. The minimum absolute atomic E-state index is 0.0436. The number of anilines is 1. The number of carbonyl (C=O) groups is 8. The van der Waals surface area contributed by atoms with E-state index in [-0.39, 0.29) is 12.4 Å². The topological polar surface area (TPSA) is 254 Å². The number of ether oxygens (including phenoxy) is 9. The second-order valence-electron chi connectivity index (χ2n) is 11.5. The van der Waals surface area contributed by atoms with E-state index in [2.05, 4.69) is 10.3 Å². The summed E-state index contributed by atoms with van der Waals surface area (Å²) in [6.07, 6.45) is -8.62. The molecule has 2 aliphatic rings. The molecule has 0 N–H and O–H groups in total. The van der Waals surface area contributed by atoms with Gasteiger partial charge in [-0.05, 0) is 0 Å². The summed E-state index contributed by atoms with van der Waals surface area (Å²) < 4.78 is 50.2. The molecule has 282 valence electrons. The molecule has 2 fully saturated rings. The molecule has 1 aromatic rings. The van der Waals surface area contributed by atoms with Crippen LogP contribution < -0.4 is 4.90 Å². The molecule has 2 aliphatic heterocycles. The van der Waals surface area contributed by atoms with Gasteiger partial charge in [0.25, 0.3) is 0 Å². The fourth-order valence-corrected chi connectivity index (χ4v) is 5.67. The number of nitrogens with zero attached hydrogens (tertiary/aromatic N) is 4. The Labute approximate surface area is 291 Å². The van der Waals surface area contributed by atoms with Crippen molar-refractivity contribution in [3.05, 3.63) is 6.20 Å². The number of carbonyl (C=O) groups excluding carboxylic acids is 8. The highest BCUT2D eigenvalue weighted by molar-refractivity contribution is 5.70. The maximum atomic E-state index is 12.3. The first-order chi connectivity index (χ1) is 23.9. The second-order valence-corrected chi connectivity index (χ2v) is 11.5. The molecule has 51 heavy (non-hydrogen) atoms. The summed E-state index contributed by atoms with van der Waals surface area (Å²) in [6.45, 7) is 7.54. The second kappa shape index (κ2) is 17.5. The highest BCUT2D eigenvalue weighted by atomic mass is 16.7. The Morgan fingerprint density at radius 3 is 1.65 bits per heavy atom. The van der Waals surface area contributed by atoms with E-state index in [4.69, 9.17) is 42.6 Å². The third kappa shape index (κ3) is 11.1. The van der Waals surface area contributed by atoms with Crippen molar-refractivity contribution in [3.63, 3.8) is 0 Å². The van der Waals surface area contributed by atoms with Crippen molar-refractivity contribution in [1.29, 1.82) is 0 Å². The molecule has 1 aromatic heterocycles. The molecule has 1 unspecified atom stereocenters. The van der Waals surface area contributed by atoms with Crippen molar-refractivity contribution in [2.45, 2.75) is 110 Å². The molecule has 0 spiro atoms. The van der Waals surface area contributed by atoms with Crippen LogP contribution in [0.5, 0.6) is 0 Å². The van der Waals surface area contributed by atoms with E-state index in [9.17, 15) is 38.4 Å². The van der Waals surface area contributed by atoms with Gasteiger partial charge in [-0.3, -0.25) is 38.4 Å². The predicted molar refractivity (Wildman–Crippen MR) is 162 cm³/mol. The minimum atomic E-state index is -1.63. The van der Waals surface area contributed by atoms with Gasteiger partial charge in [0.2, 0.25) is 6.29 Å². The zero-order valence-electron chi connectivity index (χ0n) is 29.1. The van der Waals surface area contributed by atoms with Gasteiger partial charge in [0.1, 0.15) is 31.4 Å². The Hall–Kier alpha value is -5.34. The largest absolute Gasteiger partial charge is 0.464 e. The van der Waals surface area contributed by atoms with Crippen molar-refractivity contribution in [1.82, 2.24) is 15.0 Å². The number of hydrogen-bond acceptors (Lipinski definition) is 20. The molecule has 3 heterocycles. The first-order valence-electron chi connectivity index (χ1n) is 15.5. The highest BCUT2D eigenvalue weighted by Crippen LogP contribution is 2.37. The smallest absolute Gasteiger partial charge is 0.305 e. The van der Waals surface area contributed by atoms with Crippen LogP contribution in [0.25, 0.3) is 0 Å². The minimum Gasteiger partial charge on any atom is -0.464 e. The van der Waals surface area contributed by atoms with Gasteiger partial charge in [-0.2, -0.15) is 0 Å². The maximum Gasteiger partial charge on any atom is 0.305 e. The normalized spacial score (nSPS) is 27.2. The number of piperidine rings is 1. The van der Waals surface area contributed by atoms with Gasteiger partial charge < -0.3 is 47.5 Å². The Morgan fingerprint density at radius 1 is 0.627 bits per heavy atom. The first kappa shape index (κ1) is 40.1. The van der Waals surface area contributed by atoms with E-state index >= 15 is 0 Å². The molecule has 9 atom stereocenters. The molecule has 0 amide bonds. The molecule has 0 saturated carbocycles. The van der Waals surface area contributed by atoms with Gasteiger partial charge in [0, 0.05) is 55.4 Å². The Kier molecular flexibility index (Phi) is 13.8. The van der Waals surface area contributed by atoms with Gasteiger partial charge >= 0.3 is 47.8 Å². The van der Waals surface area contributed by atoms with Crippen LogP contribution in [-0.4, -0.2) is 131 Å². The van der Waals surface area contributed by atoms with Crippen LogP contribution >= 0.6 is 0 Å². The molecule has 0 bridgehead atoms. The van der Waals surface area contributed by atoms with Crippen LogP contribution in [-0.2, 0) is 81.0 Å². The van der Waals surface area contributed by atoms with E-state index in [0.717, 1.165) is 60.1 Å². The van der Waals surface area contributed by atoms with Crippen molar-refractivity contribution in [2.75, 3.05) is 24.7 Å². The summed E-state index contributed by atoms with van der Waals surface area (Å²) in [4.78, 5) is 98.4. The van der Waals surface area contributed by atoms with Gasteiger partial charge in [-0.15, -0.1) is 5.10 Å². The monoisotopic (exact) mass is 728 g/mol. The summed E-state index contributed by atoms with van der Waals surface area (Å²) >= 11 is 0. The van der Waals surface area contributed by atoms with Crippen molar-refractivity contribution >= 4 is 53.6 Å². The van der Waals surface area contributed by atoms with Crippen LogP contribution in [0.4, 0.5) is 5.82 Å². The van der Waals surface area contributed by atoms with Crippen LogP contribution in [0.15, 0.2) is 6.20 Å². The van der Waals surface area contributed by atoms with E-state index in [0.29, 0.717) is 0 Å². The number of rotatable bonds is 12. The van der Waals surface area contributed by atoms with Crippen LogP contribution in [0.2, 0.25) is 0 Å². The Morgan fingerprint density at radius 2 is 1.12 bits per heavy atom. The van der Waals surface area contributed by atoms with Gasteiger partial charge in [0.05, 0.1) is 12.7 Å². The molecule has 0 aromatic carbocycles. The van der Waals surface area contributed by atoms with Crippen LogP contribution in [0.3, 0.4) is 0 Å². The third-order valence-corrected chi connectivity index (χ3v) is 7.28. The fraction of sp³-hybridized carbons (Fsp3) is 0.667. The fourth-order valence-electron chi connectivity index (χ4n) is 5.67. The lowest BCUT2D eigenvalue weighted by atomic mass is 9.93. The Balaban J connectivity index is 2.22. The summed E-state index contributed by atoms with van der Waals surface area (Å²) in [5.74, 6) is -6.37. The standard InChI is InChI=1S/C30H40N4O17/c1-13(35)43-11-21-26(46-16(4)38)28(48-18(6)40)22(45-15(3)37)9-33(21)24-10-34(32-31-24)25-27(47-17(5)39)23(12-44-14(2)36)51-30(50-20(8)42)29(25)49-19(7)41/h10,21-23,25-30H,9,11-12H2,1-8H3/t21-,22+,23+,25-,26+,27+,28+,29+,30?/m0/s1. The van der Waals surface area contributed by atoms with E-state index in [1.807, 2.05) is 0 Å². The Bertz CT molecular complexity index is 1500. The summed E-state index contributed by atoms with van der Waals surface area (Å²) in [7, 11) is 0. The third-order valence-electron chi connectivity index (χ3n) is 7.28. The molecular weight excluding hydrogens is 688 g/mol. The molecule has 3 rings (SSSR count). The average Bonchev–Trinajstić information content (AvgIpc) is 3.46. The number of hydrogen-bond donors (Lipinski definition) is 0. The summed E-state index contributed by atoms with van der Waals surface area (Å²) in [6, 6.07) is -2.50. The van der Waals surface area contributed by atoms with E-state index in [1.165, 1.54) is 11.1 Å². The summed E-state index contributed by atoms with van der Waals surface area (Å²) in [5, 5.41) is 8.39. The van der Waals surface area contributed by atoms with Crippen LogP contribution in [0.1, 0.15) is 61.4 Å². The van der Waals surface area contributed by atoms with Crippen molar-refractivity contribution in [3.8, 4) is 0 Å². The maximum absolute atomic E-state index is 12.3. The molecule has 21 nitrogen and oxygen atoms in total. The van der Waals surface area contributed by atoms with E-state index < -0.39 is 116 Å². The van der Waals surface area contributed by atoms with Crippen LogP contribution in [0, 0.1) is 0 Å². The van der Waals surface area contributed by atoms with Crippen molar-refractivity contribution < 1.29 is 81.0 Å². The van der Waals surface area contributed by atoms with Crippen molar-refractivity contribution in [2.24, 2.45) is 0 Å². The zero-order valence-corrected chi connectivity index (χ0v) is 29.1. The molecular formula is C30H40N4O17. The number of esters is 8. The molecule has 2 saturated heterocycles. The van der Waals surface area contributed by atoms with Gasteiger partial charge in [0.15, 0.2) is 36.3 Å². The van der Waals surface area contributed by atoms with Gasteiger partial charge in [-0.25, -0.2) is 4.68 Å². The predicted octanol–water partition coefficient (Wildman–Crippen LogP) is -0.919. The number of aromatic nitrogens is 3. The summed E-state index contributed by atoms with van der Waals surface area (Å²) in [5.41, 5.74) is 0. The van der Waals surface area contributed by atoms with E-state index in [1.54, 1.807) is 0 Å². The lowest BCUT2D eigenvalue weighted by Gasteiger charge is -2.46. The molecule has 0 aliphatic carbocycles. The molecule has 21 heteroatoms. The quantitative estimate of drug-likeness (QED) is 0.186. The first-order valence-corrected chi connectivity index (χ1v) is 15.5. The molecule has 0 radical (unpaired) electrons. The lowest BCUT2D eigenvalue weighted by Crippen LogP contribution is -2.66. The average molecular weight is 729 g/mol. The SMILES string of the molecule is CC(=O)OC[C@H]1OC(OC(C)=O)[C@H](OC(C)=O)[C@@H](n2cc(N3C[C@@H](OC(C)=O)[C@@H](OC(C)=O)[C@H](OC(C)=O)[C@@H]3COC(C)=O)nn2)[C@@H]1OC(C)=O. The lowest BCUT2D eigenvalue weighted by molar-refractivity contribution is -0.285. The van der Waals surface area contributed by atoms with Gasteiger partial charge in [-0.1, -0.05) is 5.21 Å². The highest BCUT2D eigenvalue weighted by Gasteiger charge is 2.54.